The molecule has 35 heavy (non-hydrogen) atoms. The largest absolute Gasteiger partial charge is 0.483 e. The standard InChI is InChI=1S/C30H40O5/c1-21(2)11-8-12-22(3)13-9-14-23(4)15-10-19-30(7)20-18-26-27(35-30)16-17-28(33-24(5)31)29(26)34-25(6)32/h11,13,15-18,20H,8-10,12,14,19H2,1-7H3. The van der Waals surface area contributed by atoms with E-state index in [9.17, 15) is 9.59 Å². The summed E-state index contributed by atoms with van der Waals surface area (Å²) in [6, 6.07) is 3.34. The van der Waals surface area contributed by atoms with Crippen molar-refractivity contribution in [2.24, 2.45) is 0 Å². The number of ether oxygens (including phenoxy) is 3. The van der Waals surface area contributed by atoms with Crippen LogP contribution >= 0.6 is 0 Å². The first-order chi connectivity index (χ1) is 16.5. The Morgan fingerprint density at radius 3 is 2.06 bits per heavy atom. The number of rotatable bonds is 11. The molecule has 0 fully saturated rings. The Hall–Kier alpha value is -3.08. The van der Waals surface area contributed by atoms with Crippen molar-refractivity contribution in [1.82, 2.24) is 0 Å². The highest BCUT2D eigenvalue weighted by Crippen LogP contribution is 2.43. The van der Waals surface area contributed by atoms with E-state index in [1.165, 1.54) is 30.6 Å². The maximum atomic E-state index is 11.6. The third kappa shape index (κ3) is 9.59. The van der Waals surface area contributed by atoms with Crippen LogP contribution in [0.2, 0.25) is 0 Å². The van der Waals surface area contributed by atoms with Gasteiger partial charge in [-0.3, -0.25) is 9.59 Å². The molecule has 0 saturated heterocycles. The van der Waals surface area contributed by atoms with Crippen LogP contribution in [0.15, 0.2) is 53.2 Å². The van der Waals surface area contributed by atoms with E-state index in [0.29, 0.717) is 11.3 Å². The van der Waals surface area contributed by atoms with Crippen LogP contribution in [0.25, 0.3) is 6.08 Å². The highest BCUT2D eigenvalue weighted by Gasteiger charge is 2.30. The predicted molar refractivity (Wildman–Crippen MR) is 142 cm³/mol. The number of hydrogen-bond acceptors (Lipinski definition) is 5. The second kappa shape index (κ2) is 13.1. The van der Waals surface area contributed by atoms with Crippen LogP contribution in [0.4, 0.5) is 0 Å². The Morgan fingerprint density at radius 2 is 1.46 bits per heavy atom. The highest BCUT2D eigenvalue weighted by atomic mass is 16.6. The van der Waals surface area contributed by atoms with Crippen LogP contribution in [0, 0.1) is 0 Å². The second-order valence-corrected chi connectivity index (χ2v) is 9.74. The number of carbonyl (C=O) groups is 2. The third-order valence-corrected chi connectivity index (χ3v) is 5.82. The Balaban J connectivity index is 1.97. The molecule has 1 heterocycles. The summed E-state index contributed by atoms with van der Waals surface area (Å²) in [7, 11) is 0. The van der Waals surface area contributed by atoms with Crippen molar-refractivity contribution in [3.63, 3.8) is 0 Å². The molecule has 0 saturated carbocycles. The van der Waals surface area contributed by atoms with Crippen molar-refractivity contribution in [2.45, 2.75) is 92.6 Å². The van der Waals surface area contributed by atoms with Crippen LogP contribution in [0.5, 0.6) is 17.2 Å². The van der Waals surface area contributed by atoms with E-state index in [0.717, 1.165) is 38.5 Å². The fourth-order valence-electron chi connectivity index (χ4n) is 3.92. The lowest BCUT2D eigenvalue weighted by Crippen LogP contribution is -2.31. The zero-order valence-electron chi connectivity index (χ0n) is 22.3. The third-order valence-electron chi connectivity index (χ3n) is 5.82. The minimum absolute atomic E-state index is 0.197. The first kappa shape index (κ1) is 28.2. The molecule has 5 nitrogen and oxygen atoms in total. The van der Waals surface area contributed by atoms with Gasteiger partial charge in [-0.2, -0.15) is 0 Å². The van der Waals surface area contributed by atoms with Gasteiger partial charge in [0.15, 0.2) is 11.5 Å². The number of fused-ring (bicyclic) bond motifs is 1. The average Bonchev–Trinajstić information content (AvgIpc) is 2.74. The van der Waals surface area contributed by atoms with E-state index in [4.69, 9.17) is 14.2 Å². The van der Waals surface area contributed by atoms with E-state index in [-0.39, 0.29) is 11.5 Å². The van der Waals surface area contributed by atoms with E-state index in [1.54, 1.807) is 12.1 Å². The summed E-state index contributed by atoms with van der Waals surface area (Å²) in [5, 5.41) is 0. The number of esters is 2. The lowest BCUT2D eigenvalue weighted by atomic mass is 9.94. The minimum atomic E-state index is -0.493. The monoisotopic (exact) mass is 480 g/mol. The van der Waals surface area contributed by atoms with Crippen molar-refractivity contribution >= 4 is 18.0 Å². The van der Waals surface area contributed by atoms with Gasteiger partial charge in [0.2, 0.25) is 0 Å². The normalized spacial score (nSPS) is 17.3. The van der Waals surface area contributed by atoms with Gasteiger partial charge in [-0.15, -0.1) is 0 Å². The maximum absolute atomic E-state index is 11.6. The Kier molecular flexibility index (Phi) is 10.6. The molecule has 0 N–H and O–H groups in total. The lowest BCUT2D eigenvalue weighted by molar-refractivity contribution is -0.134. The van der Waals surface area contributed by atoms with Crippen LogP contribution in [-0.4, -0.2) is 17.5 Å². The molecule has 1 aromatic rings. The molecule has 1 atom stereocenters. The Bertz CT molecular complexity index is 1040. The summed E-state index contributed by atoms with van der Waals surface area (Å²) in [5.41, 5.74) is 4.32. The first-order valence-electron chi connectivity index (χ1n) is 12.4. The van der Waals surface area contributed by atoms with Gasteiger partial charge < -0.3 is 14.2 Å². The molecule has 0 amide bonds. The fourth-order valence-corrected chi connectivity index (χ4v) is 3.92. The highest BCUT2D eigenvalue weighted by molar-refractivity contribution is 5.79. The predicted octanol–water partition coefficient (Wildman–Crippen LogP) is 7.90. The van der Waals surface area contributed by atoms with Gasteiger partial charge in [0.1, 0.15) is 11.4 Å². The van der Waals surface area contributed by atoms with Crippen LogP contribution in [-0.2, 0) is 9.59 Å². The van der Waals surface area contributed by atoms with E-state index in [1.807, 2.05) is 19.1 Å². The van der Waals surface area contributed by atoms with E-state index in [2.05, 4.69) is 45.9 Å². The number of allylic oxidation sites excluding steroid dienone is 6. The topological polar surface area (TPSA) is 61.8 Å². The molecule has 0 bridgehead atoms. The van der Waals surface area contributed by atoms with Gasteiger partial charge in [-0.05, 0) is 97.4 Å². The SMILES string of the molecule is CC(=O)Oc1ccc2c(c1OC(C)=O)C=CC(C)(CCC=C(C)CCC=C(C)CCC=C(C)C)O2. The maximum Gasteiger partial charge on any atom is 0.308 e. The molecular formula is C30H40O5. The minimum Gasteiger partial charge on any atom is -0.483 e. The van der Waals surface area contributed by atoms with Crippen molar-refractivity contribution in [3.8, 4) is 17.2 Å². The summed E-state index contributed by atoms with van der Waals surface area (Å²) in [5.74, 6) is 0.00984. The Morgan fingerprint density at radius 1 is 0.857 bits per heavy atom. The molecule has 1 aromatic carbocycles. The van der Waals surface area contributed by atoms with Crippen LogP contribution in [0.1, 0.15) is 92.6 Å². The molecule has 0 radical (unpaired) electrons. The van der Waals surface area contributed by atoms with Crippen molar-refractivity contribution in [3.05, 3.63) is 58.7 Å². The van der Waals surface area contributed by atoms with Gasteiger partial charge in [0.25, 0.3) is 0 Å². The number of hydrogen-bond donors (Lipinski definition) is 0. The van der Waals surface area contributed by atoms with Crippen LogP contribution < -0.4 is 14.2 Å². The zero-order valence-corrected chi connectivity index (χ0v) is 22.3. The summed E-state index contributed by atoms with van der Waals surface area (Å²) >= 11 is 0. The van der Waals surface area contributed by atoms with Crippen molar-refractivity contribution < 1.29 is 23.8 Å². The summed E-state index contributed by atoms with van der Waals surface area (Å²) in [4.78, 5) is 23.0. The average molecular weight is 481 g/mol. The Labute approximate surface area is 210 Å². The molecule has 5 heteroatoms. The molecule has 1 aliphatic heterocycles. The summed E-state index contributed by atoms with van der Waals surface area (Å²) in [6.07, 6.45) is 16.9. The van der Waals surface area contributed by atoms with Gasteiger partial charge in [0, 0.05) is 13.8 Å². The fraction of sp³-hybridized carbons (Fsp3) is 0.467. The molecule has 190 valence electrons. The molecular weight excluding hydrogens is 440 g/mol. The molecule has 1 aliphatic rings. The van der Waals surface area contributed by atoms with E-state index < -0.39 is 17.5 Å². The van der Waals surface area contributed by atoms with Gasteiger partial charge >= 0.3 is 11.9 Å². The second-order valence-electron chi connectivity index (χ2n) is 9.74. The molecule has 0 aromatic heterocycles. The summed E-state index contributed by atoms with van der Waals surface area (Å²) in [6.45, 7) is 13.3. The molecule has 0 aliphatic carbocycles. The first-order valence-corrected chi connectivity index (χ1v) is 12.4. The smallest absolute Gasteiger partial charge is 0.308 e. The zero-order chi connectivity index (χ0) is 26.0. The lowest BCUT2D eigenvalue weighted by Gasteiger charge is -2.32. The van der Waals surface area contributed by atoms with Gasteiger partial charge in [-0.1, -0.05) is 34.9 Å². The molecule has 1 unspecified atom stereocenters. The van der Waals surface area contributed by atoms with E-state index >= 15 is 0 Å². The number of benzene rings is 1. The van der Waals surface area contributed by atoms with Gasteiger partial charge in [0.05, 0.1) is 5.56 Å². The number of carbonyl (C=O) groups excluding carboxylic acids is 2. The molecule has 2 rings (SSSR count). The molecule has 0 spiro atoms. The van der Waals surface area contributed by atoms with Crippen LogP contribution in [0.3, 0.4) is 0 Å². The summed E-state index contributed by atoms with van der Waals surface area (Å²) < 4.78 is 16.8. The van der Waals surface area contributed by atoms with Crippen molar-refractivity contribution in [2.75, 3.05) is 0 Å². The van der Waals surface area contributed by atoms with Crippen molar-refractivity contribution in [1.29, 1.82) is 0 Å². The van der Waals surface area contributed by atoms with Gasteiger partial charge in [-0.25, -0.2) is 0 Å². The quantitative estimate of drug-likeness (QED) is 0.183.